The fraction of sp³-hybridized carbons (Fsp3) is 0.867. The van der Waals surface area contributed by atoms with E-state index in [0.717, 1.165) is 30.8 Å². The summed E-state index contributed by atoms with van der Waals surface area (Å²) < 4.78 is 5.23. The number of amides is 1. The maximum Gasteiger partial charge on any atom is 0.323 e. The molecular weight excluding hydrogens is 288 g/mol. The molecule has 0 aromatic heterocycles. The zero-order chi connectivity index (χ0) is 15.9. The first-order chi connectivity index (χ1) is 9.79. The van der Waals surface area contributed by atoms with Crippen molar-refractivity contribution in [3.05, 3.63) is 0 Å². The van der Waals surface area contributed by atoms with Crippen molar-refractivity contribution in [2.45, 2.75) is 58.1 Å². The Morgan fingerprint density at radius 2 is 2.10 bits per heavy atom. The molecule has 1 aliphatic rings. The highest BCUT2D eigenvalue weighted by molar-refractivity contribution is 7.99. The molecule has 21 heavy (non-hydrogen) atoms. The number of nitrogens with one attached hydrogen (secondary N) is 1. The van der Waals surface area contributed by atoms with E-state index < -0.39 is 11.6 Å². The van der Waals surface area contributed by atoms with Crippen LogP contribution in [0.15, 0.2) is 0 Å². The first kappa shape index (κ1) is 18.3. The summed E-state index contributed by atoms with van der Waals surface area (Å²) in [5, 5.41) is 2.96. The number of thioether (sulfide) groups is 1. The van der Waals surface area contributed by atoms with Crippen molar-refractivity contribution in [2.24, 2.45) is 11.7 Å². The van der Waals surface area contributed by atoms with Crippen LogP contribution in [0.3, 0.4) is 0 Å². The van der Waals surface area contributed by atoms with Gasteiger partial charge >= 0.3 is 5.97 Å². The van der Waals surface area contributed by atoms with Gasteiger partial charge in [-0.3, -0.25) is 9.59 Å². The highest BCUT2D eigenvalue weighted by Crippen LogP contribution is 2.23. The molecule has 1 saturated heterocycles. The minimum atomic E-state index is -0.578. The van der Waals surface area contributed by atoms with Gasteiger partial charge in [-0.2, -0.15) is 11.8 Å². The van der Waals surface area contributed by atoms with Crippen LogP contribution in [0.25, 0.3) is 0 Å². The summed E-state index contributed by atoms with van der Waals surface area (Å²) in [7, 11) is 0. The maximum atomic E-state index is 11.8. The second kappa shape index (κ2) is 8.63. The molecule has 6 heteroatoms. The normalized spacial score (nSPS) is 20.1. The van der Waals surface area contributed by atoms with E-state index in [2.05, 4.69) is 5.32 Å². The molecule has 3 N–H and O–H groups in total. The quantitative estimate of drug-likeness (QED) is 0.552. The fourth-order valence-electron chi connectivity index (χ4n) is 2.08. The van der Waals surface area contributed by atoms with Gasteiger partial charge in [0, 0.05) is 18.2 Å². The number of ether oxygens (including phenoxy) is 1. The molecule has 1 aliphatic heterocycles. The number of carbonyl (C=O) groups excluding carboxylic acids is 2. The van der Waals surface area contributed by atoms with E-state index in [1.54, 1.807) is 0 Å². The number of nitrogens with two attached hydrogens (primary N) is 1. The zero-order valence-corrected chi connectivity index (χ0v) is 14.1. The van der Waals surface area contributed by atoms with Crippen LogP contribution in [0.5, 0.6) is 0 Å². The van der Waals surface area contributed by atoms with Gasteiger partial charge in [0.2, 0.25) is 5.91 Å². The fourth-order valence-corrected chi connectivity index (χ4v) is 3.30. The van der Waals surface area contributed by atoms with E-state index in [4.69, 9.17) is 10.5 Å². The second-order valence-electron chi connectivity index (χ2n) is 6.49. The van der Waals surface area contributed by atoms with E-state index in [0.29, 0.717) is 13.0 Å². The van der Waals surface area contributed by atoms with Crippen LogP contribution < -0.4 is 11.1 Å². The predicted octanol–water partition coefficient (Wildman–Crippen LogP) is 1.69. The number of hydrogen-bond donors (Lipinski definition) is 2. The average molecular weight is 316 g/mol. The van der Waals surface area contributed by atoms with Crippen LogP contribution in [0.4, 0.5) is 0 Å². The second-order valence-corrected chi connectivity index (χ2v) is 7.64. The molecule has 0 aromatic carbocycles. The number of hydrogen-bond acceptors (Lipinski definition) is 5. The lowest BCUT2D eigenvalue weighted by Gasteiger charge is -2.22. The smallest absolute Gasteiger partial charge is 0.323 e. The van der Waals surface area contributed by atoms with E-state index in [1.165, 1.54) is 0 Å². The maximum absolute atomic E-state index is 11.8. The minimum absolute atomic E-state index is 0.163. The van der Waals surface area contributed by atoms with E-state index >= 15 is 0 Å². The van der Waals surface area contributed by atoms with Crippen LogP contribution in [-0.4, -0.2) is 41.6 Å². The molecular formula is C15H28N2O3S. The molecule has 1 rings (SSSR count). The molecule has 2 atom stereocenters. The Kier molecular flexibility index (Phi) is 7.52. The monoisotopic (exact) mass is 316 g/mol. The number of carbonyl (C=O) groups is 2. The summed E-state index contributed by atoms with van der Waals surface area (Å²) in [4.78, 5) is 23.5. The number of unbranched alkanes of at least 4 members (excludes halogenated alkanes) is 1. The van der Waals surface area contributed by atoms with Crippen LogP contribution in [0.2, 0.25) is 0 Å². The molecule has 0 spiro atoms. The third kappa shape index (κ3) is 7.71. The number of rotatable bonds is 7. The van der Waals surface area contributed by atoms with Gasteiger partial charge in [0.05, 0.1) is 0 Å². The Bertz CT molecular complexity index is 349. The van der Waals surface area contributed by atoms with Gasteiger partial charge in [0.15, 0.2) is 0 Å². The Hall–Kier alpha value is -0.750. The van der Waals surface area contributed by atoms with Crippen LogP contribution in [0.1, 0.15) is 46.5 Å². The summed E-state index contributed by atoms with van der Waals surface area (Å²) in [5.41, 5.74) is 5.30. The van der Waals surface area contributed by atoms with Crippen molar-refractivity contribution in [3.63, 3.8) is 0 Å². The van der Waals surface area contributed by atoms with Gasteiger partial charge in [-0.25, -0.2) is 0 Å². The van der Waals surface area contributed by atoms with Crippen LogP contribution in [-0.2, 0) is 14.3 Å². The lowest BCUT2D eigenvalue weighted by Crippen LogP contribution is -2.37. The highest BCUT2D eigenvalue weighted by atomic mass is 32.2. The van der Waals surface area contributed by atoms with Crippen molar-refractivity contribution in [2.75, 3.05) is 18.1 Å². The molecule has 1 heterocycles. The van der Waals surface area contributed by atoms with Gasteiger partial charge in [-0.05, 0) is 52.2 Å². The standard InChI is InChI=1S/C15H28N2O3S/c1-15(2,3)20-14(19)12(16)6-4-5-8-17-13(18)11-7-9-21-10-11/h11-12H,4-10,16H2,1-3H3,(H,17,18)/t11-,12+/m1/s1. The van der Waals surface area contributed by atoms with Crippen molar-refractivity contribution < 1.29 is 14.3 Å². The zero-order valence-electron chi connectivity index (χ0n) is 13.3. The Morgan fingerprint density at radius 1 is 1.38 bits per heavy atom. The summed E-state index contributed by atoms with van der Waals surface area (Å²) in [6, 6.07) is -0.578. The summed E-state index contributed by atoms with van der Waals surface area (Å²) in [5.74, 6) is 2.02. The van der Waals surface area contributed by atoms with Gasteiger partial charge in [-0.1, -0.05) is 0 Å². The van der Waals surface area contributed by atoms with Crippen molar-refractivity contribution in [3.8, 4) is 0 Å². The van der Waals surface area contributed by atoms with E-state index in [9.17, 15) is 9.59 Å². The van der Waals surface area contributed by atoms with Crippen molar-refractivity contribution in [1.29, 1.82) is 0 Å². The van der Waals surface area contributed by atoms with Gasteiger partial charge in [0.25, 0.3) is 0 Å². The Labute approximate surface area is 131 Å². The average Bonchev–Trinajstić information content (AvgIpc) is 2.89. The third-order valence-electron chi connectivity index (χ3n) is 3.25. The Balaban J connectivity index is 2.07. The minimum Gasteiger partial charge on any atom is -0.459 e. The number of esters is 1. The van der Waals surface area contributed by atoms with Crippen molar-refractivity contribution >= 4 is 23.6 Å². The molecule has 0 saturated carbocycles. The van der Waals surface area contributed by atoms with E-state index in [-0.39, 0.29) is 17.8 Å². The lowest BCUT2D eigenvalue weighted by molar-refractivity contribution is -0.156. The molecule has 0 aliphatic carbocycles. The summed E-state index contributed by atoms with van der Waals surface area (Å²) >= 11 is 1.84. The first-order valence-electron chi connectivity index (χ1n) is 7.63. The third-order valence-corrected chi connectivity index (χ3v) is 4.41. The van der Waals surface area contributed by atoms with Gasteiger partial charge in [0.1, 0.15) is 11.6 Å². The lowest BCUT2D eigenvalue weighted by atomic mass is 10.1. The summed E-state index contributed by atoms with van der Waals surface area (Å²) in [6.07, 6.45) is 3.21. The van der Waals surface area contributed by atoms with Crippen molar-refractivity contribution in [1.82, 2.24) is 5.32 Å². The highest BCUT2D eigenvalue weighted by Gasteiger charge is 2.23. The Morgan fingerprint density at radius 3 is 2.67 bits per heavy atom. The SMILES string of the molecule is CC(C)(C)OC(=O)[C@@H](N)CCCCNC(=O)[C@@H]1CCSC1. The summed E-state index contributed by atoms with van der Waals surface area (Å²) in [6.45, 7) is 6.14. The largest absolute Gasteiger partial charge is 0.459 e. The topological polar surface area (TPSA) is 81.4 Å². The molecule has 0 radical (unpaired) electrons. The van der Waals surface area contributed by atoms with E-state index in [1.807, 2.05) is 32.5 Å². The molecule has 0 bridgehead atoms. The molecule has 0 unspecified atom stereocenters. The molecule has 0 aromatic rings. The van der Waals surface area contributed by atoms with Gasteiger partial charge < -0.3 is 15.8 Å². The van der Waals surface area contributed by atoms with Crippen LogP contribution >= 0.6 is 11.8 Å². The molecule has 1 amide bonds. The van der Waals surface area contributed by atoms with Crippen LogP contribution in [0, 0.1) is 5.92 Å². The molecule has 122 valence electrons. The first-order valence-corrected chi connectivity index (χ1v) is 8.79. The van der Waals surface area contributed by atoms with Gasteiger partial charge in [-0.15, -0.1) is 0 Å². The molecule has 1 fully saturated rings. The predicted molar refractivity (Wildman–Crippen MR) is 86.1 cm³/mol. The molecule has 5 nitrogen and oxygen atoms in total.